The maximum absolute atomic E-state index is 9.69. The van der Waals surface area contributed by atoms with E-state index in [2.05, 4.69) is 39.7 Å². The molecular weight excluding hydrogens is 412 g/mol. The summed E-state index contributed by atoms with van der Waals surface area (Å²) >= 11 is 5.63. The number of nitrogens with zero attached hydrogens (tertiary/aromatic N) is 3. The number of benzene rings is 1. The third-order valence-corrected chi connectivity index (χ3v) is 6.29. The molecule has 31 heavy (non-hydrogen) atoms. The molecule has 1 saturated heterocycles. The first-order chi connectivity index (χ1) is 15.1. The summed E-state index contributed by atoms with van der Waals surface area (Å²) in [5.41, 5.74) is 5.29. The van der Waals surface area contributed by atoms with Gasteiger partial charge in [-0.2, -0.15) is 0 Å². The number of aliphatic hydroxyl groups is 1. The second-order valence-corrected chi connectivity index (χ2v) is 8.13. The fourth-order valence-electron chi connectivity index (χ4n) is 4.60. The van der Waals surface area contributed by atoms with Crippen LogP contribution in [0.5, 0.6) is 11.5 Å². The highest BCUT2D eigenvalue weighted by Gasteiger charge is 2.41. The van der Waals surface area contributed by atoms with Crippen LogP contribution in [0.1, 0.15) is 34.7 Å². The third kappa shape index (κ3) is 3.32. The number of hydrogen-bond donors (Lipinski definition) is 2. The van der Waals surface area contributed by atoms with Gasteiger partial charge >= 0.3 is 0 Å². The van der Waals surface area contributed by atoms with E-state index in [0.29, 0.717) is 11.7 Å². The van der Waals surface area contributed by atoms with Gasteiger partial charge in [-0.1, -0.05) is 6.07 Å². The van der Waals surface area contributed by atoms with Crippen LogP contribution in [-0.4, -0.2) is 44.6 Å². The molecule has 1 aromatic carbocycles. The molecule has 0 radical (unpaired) electrons. The van der Waals surface area contributed by atoms with Gasteiger partial charge in [-0.3, -0.25) is 4.98 Å². The fraction of sp³-hybridized carbons (Fsp3) is 0.304. The molecular formula is C23H24N4O3S. The molecule has 0 unspecified atom stereocenters. The molecule has 5 rings (SSSR count). The summed E-state index contributed by atoms with van der Waals surface area (Å²) in [4.78, 5) is 6.63. The lowest BCUT2D eigenvalue weighted by Gasteiger charge is -2.27. The van der Waals surface area contributed by atoms with E-state index in [1.807, 2.05) is 36.4 Å². The van der Waals surface area contributed by atoms with Gasteiger partial charge in [0.2, 0.25) is 6.79 Å². The fourth-order valence-corrected chi connectivity index (χ4v) is 4.93. The SMILES string of the molecule is Cc1cc([C@@H]2[C@@H](c3ccccn3)NC(=S)N2CCO)c(C)n1-c1ccc2c(c1)OCO2. The van der Waals surface area contributed by atoms with Crippen LogP contribution in [0, 0.1) is 13.8 Å². The van der Waals surface area contributed by atoms with Crippen molar-refractivity contribution in [1.82, 2.24) is 19.8 Å². The number of aromatic nitrogens is 2. The monoisotopic (exact) mass is 436 g/mol. The smallest absolute Gasteiger partial charge is 0.231 e. The summed E-state index contributed by atoms with van der Waals surface area (Å²) < 4.78 is 13.3. The predicted octanol–water partition coefficient (Wildman–Crippen LogP) is 3.18. The van der Waals surface area contributed by atoms with Crippen molar-refractivity contribution in [1.29, 1.82) is 0 Å². The van der Waals surface area contributed by atoms with Gasteiger partial charge in [-0.15, -0.1) is 0 Å². The van der Waals surface area contributed by atoms with Gasteiger partial charge < -0.3 is 29.4 Å². The number of rotatable bonds is 5. The summed E-state index contributed by atoms with van der Waals surface area (Å²) in [5, 5.41) is 13.7. The van der Waals surface area contributed by atoms with Crippen molar-refractivity contribution in [3.63, 3.8) is 0 Å². The van der Waals surface area contributed by atoms with E-state index in [1.54, 1.807) is 6.20 Å². The number of pyridine rings is 1. The van der Waals surface area contributed by atoms with Gasteiger partial charge in [0.1, 0.15) is 0 Å². The zero-order valence-electron chi connectivity index (χ0n) is 17.4. The van der Waals surface area contributed by atoms with Gasteiger partial charge in [0, 0.05) is 35.9 Å². The number of aliphatic hydroxyl groups excluding tert-OH is 1. The minimum Gasteiger partial charge on any atom is -0.454 e. The third-order valence-electron chi connectivity index (χ3n) is 5.94. The first-order valence-electron chi connectivity index (χ1n) is 10.3. The largest absolute Gasteiger partial charge is 0.454 e. The first kappa shape index (κ1) is 19.8. The van der Waals surface area contributed by atoms with Crippen molar-refractivity contribution in [3.8, 4) is 17.2 Å². The highest BCUT2D eigenvalue weighted by Crippen LogP contribution is 2.42. The molecule has 0 spiro atoms. The van der Waals surface area contributed by atoms with Crippen LogP contribution < -0.4 is 14.8 Å². The molecule has 0 saturated carbocycles. The molecule has 0 aliphatic carbocycles. The Balaban J connectivity index is 1.60. The van der Waals surface area contributed by atoms with Crippen LogP contribution in [0.15, 0.2) is 48.7 Å². The highest BCUT2D eigenvalue weighted by atomic mass is 32.1. The van der Waals surface area contributed by atoms with E-state index in [0.717, 1.165) is 39.8 Å². The minimum absolute atomic E-state index is 0.0220. The van der Waals surface area contributed by atoms with E-state index in [-0.39, 0.29) is 25.5 Å². The lowest BCUT2D eigenvalue weighted by atomic mass is 9.97. The van der Waals surface area contributed by atoms with Crippen molar-refractivity contribution in [3.05, 3.63) is 71.3 Å². The Labute approximate surface area is 186 Å². The van der Waals surface area contributed by atoms with Crippen LogP contribution >= 0.6 is 12.2 Å². The number of aryl methyl sites for hydroxylation is 1. The van der Waals surface area contributed by atoms with Crippen molar-refractivity contribution < 1.29 is 14.6 Å². The van der Waals surface area contributed by atoms with Gasteiger partial charge in [0.05, 0.1) is 24.4 Å². The molecule has 2 atom stereocenters. The van der Waals surface area contributed by atoms with Crippen LogP contribution in [0.3, 0.4) is 0 Å². The Morgan fingerprint density at radius 3 is 2.77 bits per heavy atom. The Morgan fingerprint density at radius 1 is 1.16 bits per heavy atom. The molecule has 0 amide bonds. The molecule has 0 bridgehead atoms. The Bertz CT molecular complexity index is 1130. The number of ether oxygens (including phenoxy) is 2. The van der Waals surface area contributed by atoms with Gasteiger partial charge in [-0.25, -0.2) is 0 Å². The highest BCUT2D eigenvalue weighted by molar-refractivity contribution is 7.80. The summed E-state index contributed by atoms with van der Waals surface area (Å²) in [6.45, 7) is 4.93. The van der Waals surface area contributed by atoms with Gasteiger partial charge in [0.15, 0.2) is 16.6 Å². The molecule has 2 aliphatic heterocycles. The van der Waals surface area contributed by atoms with Crippen LogP contribution in [-0.2, 0) is 0 Å². The van der Waals surface area contributed by atoms with E-state index in [1.165, 1.54) is 0 Å². The molecule has 7 nitrogen and oxygen atoms in total. The summed E-state index contributed by atoms with van der Waals surface area (Å²) in [5.74, 6) is 1.52. The molecule has 1 fully saturated rings. The zero-order chi connectivity index (χ0) is 21.5. The molecule has 3 aromatic rings. The van der Waals surface area contributed by atoms with Crippen LogP contribution in [0.25, 0.3) is 5.69 Å². The summed E-state index contributed by atoms with van der Waals surface area (Å²) in [7, 11) is 0. The minimum atomic E-state index is -0.106. The number of hydrogen-bond acceptors (Lipinski definition) is 5. The van der Waals surface area contributed by atoms with Gasteiger partial charge in [0.25, 0.3) is 0 Å². The average Bonchev–Trinajstić information content (AvgIpc) is 3.45. The Hall–Kier alpha value is -3.10. The Kier molecular flexibility index (Phi) is 5.03. The Morgan fingerprint density at radius 2 is 2.00 bits per heavy atom. The predicted molar refractivity (Wildman–Crippen MR) is 121 cm³/mol. The van der Waals surface area contributed by atoms with Gasteiger partial charge in [-0.05, 0) is 62.0 Å². The normalized spacial score (nSPS) is 19.7. The van der Waals surface area contributed by atoms with Crippen LogP contribution in [0.2, 0.25) is 0 Å². The zero-order valence-corrected chi connectivity index (χ0v) is 18.2. The topological polar surface area (TPSA) is 71.8 Å². The standard InChI is InChI=1S/C23H24N4O3S/c1-14-11-17(15(2)27(14)16-6-7-19-20(12-16)30-13-29-19)22-21(18-5-3-4-8-24-18)25-23(31)26(22)9-10-28/h3-8,11-12,21-22,28H,9-10,13H2,1-2H3,(H,25,31)/t21-,22-/m1/s1. The number of β-amino-alcohol motifs (C(OH)–C–C–N with tert-alkyl or cyclic N) is 1. The van der Waals surface area contributed by atoms with Crippen molar-refractivity contribution in [2.24, 2.45) is 0 Å². The average molecular weight is 437 g/mol. The second-order valence-electron chi connectivity index (χ2n) is 7.74. The maximum atomic E-state index is 9.69. The molecule has 8 heteroatoms. The first-order valence-corrected chi connectivity index (χ1v) is 10.7. The van der Waals surface area contributed by atoms with Crippen molar-refractivity contribution >= 4 is 17.3 Å². The quantitative estimate of drug-likeness (QED) is 0.595. The molecule has 160 valence electrons. The lowest BCUT2D eigenvalue weighted by Crippen LogP contribution is -2.32. The summed E-state index contributed by atoms with van der Waals surface area (Å²) in [6.07, 6.45) is 1.79. The van der Waals surface area contributed by atoms with Crippen molar-refractivity contribution in [2.45, 2.75) is 25.9 Å². The number of fused-ring (bicyclic) bond motifs is 1. The van der Waals surface area contributed by atoms with E-state index >= 15 is 0 Å². The molecule has 2 N–H and O–H groups in total. The maximum Gasteiger partial charge on any atom is 0.231 e. The lowest BCUT2D eigenvalue weighted by molar-refractivity contribution is 0.174. The van der Waals surface area contributed by atoms with E-state index in [9.17, 15) is 5.11 Å². The van der Waals surface area contributed by atoms with E-state index in [4.69, 9.17) is 21.7 Å². The molecule has 2 aliphatic rings. The van der Waals surface area contributed by atoms with Crippen LogP contribution in [0.4, 0.5) is 0 Å². The second kappa shape index (κ2) is 7.86. The van der Waals surface area contributed by atoms with E-state index < -0.39 is 0 Å². The molecule has 4 heterocycles. The summed E-state index contributed by atoms with van der Waals surface area (Å²) in [6, 6.07) is 13.9. The number of thiocarbonyl (C=S) groups is 1. The molecule has 2 aromatic heterocycles. The number of nitrogens with one attached hydrogen (secondary N) is 1. The van der Waals surface area contributed by atoms with Crippen molar-refractivity contribution in [2.75, 3.05) is 19.9 Å².